The number of aryl methyl sites for hydroxylation is 1. The van der Waals surface area contributed by atoms with Gasteiger partial charge < -0.3 is 10.5 Å². The number of benzene rings is 2. The molecule has 0 aliphatic heterocycles. The normalized spacial score (nSPS) is 11.5. The van der Waals surface area contributed by atoms with Crippen LogP contribution in [0.2, 0.25) is 0 Å². The molecule has 0 heterocycles. The molecule has 0 saturated carbocycles. The van der Waals surface area contributed by atoms with Crippen LogP contribution in [0, 0.1) is 6.92 Å². The van der Waals surface area contributed by atoms with Gasteiger partial charge in [-0.3, -0.25) is 0 Å². The summed E-state index contributed by atoms with van der Waals surface area (Å²) >= 11 is 0. The molecular formula is C16H16F3NO. The first-order valence-electron chi connectivity index (χ1n) is 6.55. The SMILES string of the molecule is Cc1ccc(Oc2ccc(CCN)c(C(F)(F)F)c2)cc1. The lowest BCUT2D eigenvalue weighted by atomic mass is 10.0. The van der Waals surface area contributed by atoms with Crippen molar-refractivity contribution in [2.45, 2.75) is 19.5 Å². The molecule has 0 amide bonds. The molecule has 0 saturated heterocycles. The molecule has 2 nitrogen and oxygen atoms in total. The largest absolute Gasteiger partial charge is 0.457 e. The fourth-order valence-corrected chi connectivity index (χ4v) is 2.00. The molecule has 5 heteroatoms. The quantitative estimate of drug-likeness (QED) is 0.912. The number of halogens is 3. The van der Waals surface area contributed by atoms with Gasteiger partial charge in [-0.1, -0.05) is 23.8 Å². The van der Waals surface area contributed by atoms with Crippen LogP contribution >= 0.6 is 0 Å². The molecule has 0 spiro atoms. The van der Waals surface area contributed by atoms with Crippen LogP contribution in [0.3, 0.4) is 0 Å². The van der Waals surface area contributed by atoms with Gasteiger partial charge in [0.1, 0.15) is 11.5 Å². The predicted molar refractivity (Wildman–Crippen MR) is 75.5 cm³/mol. The van der Waals surface area contributed by atoms with E-state index < -0.39 is 11.7 Å². The Morgan fingerprint density at radius 3 is 2.19 bits per heavy atom. The summed E-state index contributed by atoms with van der Waals surface area (Å²) in [4.78, 5) is 0. The summed E-state index contributed by atoms with van der Waals surface area (Å²) < 4.78 is 44.6. The summed E-state index contributed by atoms with van der Waals surface area (Å²) in [6, 6.07) is 11.1. The van der Waals surface area contributed by atoms with Crippen molar-refractivity contribution in [3.8, 4) is 11.5 Å². The summed E-state index contributed by atoms with van der Waals surface area (Å²) in [5.74, 6) is 0.659. The molecule has 0 aromatic heterocycles. The molecule has 0 aliphatic carbocycles. The molecule has 0 unspecified atom stereocenters. The van der Waals surface area contributed by atoms with Crippen molar-refractivity contribution in [1.82, 2.24) is 0 Å². The van der Waals surface area contributed by atoms with E-state index in [1.165, 1.54) is 12.1 Å². The van der Waals surface area contributed by atoms with Gasteiger partial charge >= 0.3 is 6.18 Å². The molecule has 112 valence electrons. The van der Waals surface area contributed by atoms with E-state index in [-0.39, 0.29) is 24.3 Å². The Bertz CT molecular complexity index is 606. The van der Waals surface area contributed by atoms with Crippen molar-refractivity contribution >= 4 is 0 Å². The van der Waals surface area contributed by atoms with E-state index in [4.69, 9.17) is 10.5 Å². The van der Waals surface area contributed by atoms with Crippen molar-refractivity contribution in [3.05, 3.63) is 59.2 Å². The smallest absolute Gasteiger partial charge is 0.416 e. The maximum absolute atomic E-state index is 13.0. The van der Waals surface area contributed by atoms with E-state index in [2.05, 4.69) is 0 Å². The monoisotopic (exact) mass is 295 g/mol. The highest BCUT2D eigenvalue weighted by Gasteiger charge is 2.33. The highest BCUT2D eigenvalue weighted by Crippen LogP contribution is 2.35. The highest BCUT2D eigenvalue weighted by molar-refractivity contribution is 5.40. The minimum atomic E-state index is -4.42. The van der Waals surface area contributed by atoms with Crippen LogP contribution in [-0.2, 0) is 12.6 Å². The van der Waals surface area contributed by atoms with Crippen LogP contribution in [-0.4, -0.2) is 6.54 Å². The second-order valence-corrected chi connectivity index (χ2v) is 4.77. The van der Waals surface area contributed by atoms with Crippen LogP contribution in [0.4, 0.5) is 13.2 Å². The second-order valence-electron chi connectivity index (χ2n) is 4.77. The number of hydrogen-bond acceptors (Lipinski definition) is 2. The van der Waals surface area contributed by atoms with Gasteiger partial charge in [0.2, 0.25) is 0 Å². The fraction of sp³-hybridized carbons (Fsp3) is 0.250. The number of rotatable bonds is 4. The van der Waals surface area contributed by atoms with Gasteiger partial charge in [-0.05, 0) is 49.7 Å². The molecule has 0 fully saturated rings. The third-order valence-corrected chi connectivity index (χ3v) is 3.06. The third kappa shape index (κ3) is 3.98. The molecule has 2 aromatic carbocycles. The van der Waals surface area contributed by atoms with Gasteiger partial charge in [0.25, 0.3) is 0 Å². The predicted octanol–water partition coefficient (Wildman–Crippen LogP) is 4.31. The maximum atomic E-state index is 13.0. The molecule has 2 aromatic rings. The van der Waals surface area contributed by atoms with E-state index in [9.17, 15) is 13.2 Å². The fourth-order valence-electron chi connectivity index (χ4n) is 2.00. The summed E-state index contributed by atoms with van der Waals surface area (Å²) in [7, 11) is 0. The molecule has 0 bridgehead atoms. The van der Waals surface area contributed by atoms with Gasteiger partial charge in [-0.2, -0.15) is 13.2 Å². The second kappa shape index (κ2) is 6.18. The summed E-state index contributed by atoms with van der Waals surface area (Å²) in [6.45, 7) is 2.09. The lowest BCUT2D eigenvalue weighted by molar-refractivity contribution is -0.138. The van der Waals surface area contributed by atoms with Crippen molar-refractivity contribution in [2.24, 2.45) is 5.73 Å². The van der Waals surface area contributed by atoms with Gasteiger partial charge in [-0.15, -0.1) is 0 Å². The van der Waals surface area contributed by atoms with Crippen molar-refractivity contribution in [1.29, 1.82) is 0 Å². The van der Waals surface area contributed by atoms with E-state index in [1.807, 2.05) is 19.1 Å². The first-order chi connectivity index (χ1) is 9.90. The summed E-state index contributed by atoms with van der Waals surface area (Å²) in [5.41, 5.74) is 5.89. The third-order valence-electron chi connectivity index (χ3n) is 3.06. The van der Waals surface area contributed by atoms with Crippen LogP contribution in [0.15, 0.2) is 42.5 Å². The van der Waals surface area contributed by atoms with Crippen LogP contribution < -0.4 is 10.5 Å². The van der Waals surface area contributed by atoms with Crippen LogP contribution in [0.25, 0.3) is 0 Å². The number of ether oxygens (including phenoxy) is 1. The minimum absolute atomic E-state index is 0.159. The zero-order valence-corrected chi connectivity index (χ0v) is 11.6. The van der Waals surface area contributed by atoms with E-state index in [0.717, 1.165) is 11.6 Å². The number of hydrogen-bond donors (Lipinski definition) is 1. The Morgan fingerprint density at radius 2 is 1.62 bits per heavy atom. The Hall–Kier alpha value is -2.01. The Kier molecular flexibility index (Phi) is 4.53. The molecule has 0 aliphatic rings. The molecule has 0 atom stereocenters. The van der Waals surface area contributed by atoms with E-state index in [1.54, 1.807) is 12.1 Å². The van der Waals surface area contributed by atoms with Gasteiger partial charge in [0.15, 0.2) is 0 Å². The molecule has 21 heavy (non-hydrogen) atoms. The van der Waals surface area contributed by atoms with Crippen molar-refractivity contribution in [2.75, 3.05) is 6.54 Å². The molecule has 2 N–H and O–H groups in total. The first-order valence-corrected chi connectivity index (χ1v) is 6.55. The lowest BCUT2D eigenvalue weighted by Crippen LogP contribution is -2.12. The van der Waals surface area contributed by atoms with E-state index in [0.29, 0.717) is 5.75 Å². The molecule has 0 radical (unpaired) electrons. The average Bonchev–Trinajstić information content (AvgIpc) is 2.42. The minimum Gasteiger partial charge on any atom is -0.457 e. The number of nitrogens with two attached hydrogens (primary N) is 1. The Balaban J connectivity index is 2.31. The maximum Gasteiger partial charge on any atom is 0.416 e. The van der Waals surface area contributed by atoms with Gasteiger partial charge in [0, 0.05) is 0 Å². The highest BCUT2D eigenvalue weighted by atomic mass is 19.4. The Labute approximate surface area is 121 Å². The zero-order valence-electron chi connectivity index (χ0n) is 11.6. The zero-order chi connectivity index (χ0) is 15.5. The average molecular weight is 295 g/mol. The molecule has 2 rings (SSSR count). The standard InChI is InChI=1S/C16H16F3NO/c1-11-2-5-13(6-3-11)21-14-7-4-12(8-9-20)15(10-14)16(17,18)19/h2-7,10H,8-9,20H2,1H3. The first kappa shape index (κ1) is 15.4. The van der Waals surface area contributed by atoms with Gasteiger partial charge in [-0.25, -0.2) is 0 Å². The number of alkyl halides is 3. The van der Waals surface area contributed by atoms with Crippen molar-refractivity contribution in [3.63, 3.8) is 0 Å². The van der Waals surface area contributed by atoms with Crippen LogP contribution in [0.1, 0.15) is 16.7 Å². The summed E-state index contributed by atoms with van der Waals surface area (Å²) in [5, 5.41) is 0. The van der Waals surface area contributed by atoms with Crippen molar-refractivity contribution < 1.29 is 17.9 Å². The van der Waals surface area contributed by atoms with Gasteiger partial charge in [0.05, 0.1) is 5.56 Å². The molecular weight excluding hydrogens is 279 g/mol. The lowest BCUT2D eigenvalue weighted by Gasteiger charge is -2.14. The Morgan fingerprint density at radius 1 is 1.00 bits per heavy atom. The van der Waals surface area contributed by atoms with Crippen LogP contribution in [0.5, 0.6) is 11.5 Å². The summed E-state index contributed by atoms with van der Waals surface area (Å²) in [6.07, 6.45) is -4.24. The topological polar surface area (TPSA) is 35.2 Å². The van der Waals surface area contributed by atoms with E-state index >= 15 is 0 Å².